The van der Waals surface area contributed by atoms with E-state index in [0.717, 1.165) is 5.69 Å². The summed E-state index contributed by atoms with van der Waals surface area (Å²) in [6.07, 6.45) is 3.13. The van der Waals surface area contributed by atoms with Crippen molar-refractivity contribution in [3.8, 4) is 5.69 Å². The Bertz CT molecular complexity index is 1170. The van der Waals surface area contributed by atoms with E-state index in [-0.39, 0.29) is 11.3 Å². The smallest absolute Gasteiger partial charge is 0.295 e. The van der Waals surface area contributed by atoms with Gasteiger partial charge < -0.3 is 14.9 Å². The first-order valence-electron chi connectivity index (χ1n) is 10.3. The molecule has 0 bridgehead atoms. The van der Waals surface area contributed by atoms with Crippen LogP contribution < -0.4 is 0 Å². The second-order valence-corrected chi connectivity index (χ2v) is 7.94. The summed E-state index contributed by atoms with van der Waals surface area (Å²) in [6.45, 7) is 2.71. The Morgan fingerprint density at radius 2 is 1.81 bits per heavy atom. The number of carbonyl (C=O) groups is 2. The molecular formula is C24H25N5O3. The lowest BCUT2D eigenvalue weighted by molar-refractivity contribution is -0.140. The number of para-hydroxylation sites is 1. The Morgan fingerprint density at radius 1 is 1.09 bits per heavy atom. The number of carbonyl (C=O) groups excluding carboxylic acids is 2. The number of likely N-dealkylation sites (N-methyl/N-ethyl adjacent to an activating group) is 1. The van der Waals surface area contributed by atoms with Crippen LogP contribution in [0.1, 0.15) is 23.0 Å². The van der Waals surface area contributed by atoms with Gasteiger partial charge in [0.1, 0.15) is 11.8 Å². The maximum absolute atomic E-state index is 13.1. The van der Waals surface area contributed by atoms with Gasteiger partial charge in [0, 0.05) is 19.3 Å². The quantitative estimate of drug-likeness (QED) is 0.366. The molecule has 164 valence electrons. The zero-order valence-corrected chi connectivity index (χ0v) is 18.3. The molecule has 1 saturated heterocycles. The van der Waals surface area contributed by atoms with Crippen molar-refractivity contribution >= 4 is 17.4 Å². The highest BCUT2D eigenvalue weighted by atomic mass is 16.3. The van der Waals surface area contributed by atoms with E-state index in [1.54, 1.807) is 29.1 Å². The van der Waals surface area contributed by atoms with E-state index >= 15 is 0 Å². The van der Waals surface area contributed by atoms with Gasteiger partial charge in [-0.25, -0.2) is 4.68 Å². The largest absolute Gasteiger partial charge is 0.507 e. The number of rotatable bonds is 6. The van der Waals surface area contributed by atoms with Crippen LogP contribution in [-0.4, -0.2) is 68.5 Å². The lowest BCUT2D eigenvalue weighted by Gasteiger charge is -2.25. The van der Waals surface area contributed by atoms with E-state index in [0.29, 0.717) is 30.0 Å². The third kappa shape index (κ3) is 3.80. The maximum atomic E-state index is 13.1. The molecule has 1 N–H and O–H groups in total. The van der Waals surface area contributed by atoms with Gasteiger partial charge in [0.15, 0.2) is 0 Å². The number of amides is 1. The molecule has 1 unspecified atom stereocenters. The molecule has 2 aromatic heterocycles. The predicted octanol–water partition coefficient (Wildman–Crippen LogP) is 2.56. The summed E-state index contributed by atoms with van der Waals surface area (Å²) in [5.41, 5.74) is 2.45. The molecule has 32 heavy (non-hydrogen) atoms. The van der Waals surface area contributed by atoms with Crippen LogP contribution in [0.2, 0.25) is 0 Å². The average molecular weight is 431 g/mol. The number of Topliss-reactive ketones (excluding diaryl/α,β-unsaturated/α-hetero) is 1. The fourth-order valence-corrected chi connectivity index (χ4v) is 3.88. The molecular weight excluding hydrogens is 406 g/mol. The predicted molar refractivity (Wildman–Crippen MR) is 120 cm³/mol. The van der Waals surface area contributed by atoms with Crippen LogP contribution in [0, 0.1) is 6.92 Å². The Morgan fingerprint density at radius 3 is 2.47 bits per heavy atom. The van der Waals surface area contributed by atoms with Gasteiger partial charge in [-0.1, -0.05) is 24.3 Å². The van der Waals surface area contributed by atoms with Gasteiger partial charge in [-0.15, -0.1) is 0 Å². The van der Waals surface area contributed by atoms with Crippen LogP contribution in [0.4, 0.5) is 0 Å². The molecule has 1 aliphatic heterocycles. The van der Waals surface area contributed by atoms with Crippen LogP contribution in [0.25, 0.3) is 11.4 Å². The van der Waals surface area contributed by atoms with Gasteiger partial charge >= 0.3 is 0 Å². The van der Waals surface area contributed by atoms with Crippen LogP contribution in [0.15, 0.2) is 66.5 Å². The molecule has 3 aromatic rings. The molecule has 1 fully saturated rings. The molecule has 1 aromatic carbocycles. The number of pyridine rings is 1. The fraction of sp³-hybridized carbons (Fsp3) is 0.250. The number of likely N-dealkylation sites (tertiary alicyclic amines) is 1. The van der Waals surface area contributed by atoms with Crippen molar-refractivity contribution < 1.29 is 14.7 Å². The molecule has 8 heteroatoms. The van der Waals surface area contributed by atoms with Crippen molar-refractivity contribution in [3.63, 3.8) is 0 Å². The van der Waals surface area contributed by atoms with Crippen LogP contribution in [-0.2, 0) is 9.59 Å². The molecule has 1 aliphatic rings. The highest BCUT2D eigenvalue weighted by Gasteiger charge is 2.46. The van der Waals surface area contributed by atoms with Crippen LogP contribution >= 0.6 is 0 Å². The van der Waals surface area contributed by atoms with Crippen molar-refractivity contribution in [1.82, 2.24) is 24.6 Å². The molecule has 3 heterocycles. The zero-order chi connectivity index (χ0) is 22.8. The SMILES string of the molecule is Cc1c(C(O)=C2C(=O)C(=O)N(CCN(C)C)C2c2ccccn2)cnn1-c1ccccc1. The fourth-order valence-electron chi connectivity index (χ4n) is 3.88. The van der Waals surface area contributed by atoms with E-state index in [9.17, 15) is 14.7 Å². The van der Waals surface area contributed by atoms with Crippen molar-refractivity contribution in [2.24, 2.45) is 0 Å². The third-order valence-corrected chi connectivity index (χ3v) is 5.56. The minimum atomic E-state index is -0.768. The molecule has 0 radical (unpaired) electrons. The van der Waals surface area contributed by atoms with E-state index in [4.69, 9.17) is 0 Å². The Labute approximate surface area is 186 Å². The zero-order valence-electron chi connectivity index (χ0n) is 18.3. The summed E-state index contributed by atoms with van der Waals surface area (Å²) >= 11 is 0. The Hall–Kier alpha value is -3.78. The molecule has 1 amide bonds. The van der Waals surface area contributed by atoms with Crippen molar-refractivity contribution in [1.29, 1.82) is 0 Å². The molecule has 0 saturated carbocycles. The number of aromatic nitrogens is 3. The lowest BCUT2D eigenvalue weighted by atomic mass is 9.98. The summed E-state index contributed by atoms with van der Waals surface area (Å²) in [6, 6.07) is 14.1. The first-order valence-corrected chi connectivity index (χ1v) is 10.3. The summed E-state index contributed by atoms with van der Waals surface area (Å²) in [7, 11) is 3.79. The van der Waals surface area contributed by atoms with Crippen LogP contribution in [0.5, 0.6) is 0 Å². The summed E-state index contributed by atoms with van der Waals surface area (Å²) < 4.78 is 1.69. The topological polar surface area (TPSA) is 91.6 Å². The number of aliphatic hydroxyl groups excluding tert-OH is 1. The highest BCUT2D eigenvalue weighted by molar-refractivity contribution is 6.46. The molecule has 1 atom stereocenters. The van der Waals surface area contributed by atoms with Gasteiger partial charge in [-0.05, 0) is 45.3 Å². The standard InChI is InChI=1S/C24H25N5O3/c1-16-18(15-26-29(16)17-9-5-4-6-10-17)22(30)20-21(19-11-7-8-12-25-19)28(14-13-27(2)3)24(32)23(20)31/h4-12,15,21,30H,13-14H2,1-3H3. The minimum absolute atomic E-state index is 0.0307. The van der Waals surface area contributed by atoms with Gasteiger partial charge in [-0.2, -0.15) is 5.10 Å². The number of benzene rings is 1. The monoisotopic (exact) mass is 431 g/mol. The van der Waals surface area contributed by atoms with Gasteiger partial charge in [-0.3, -0.25) is 14.6 Å². The number of nitrogens with zero attached hydrogens (tertiary/aromatic N) is 5. The number of hydrogen-bond acceptors (Lipinski definition) is 6. The lowest BCUT2D eigenvalue weighted by Crippen LogP contribution is -2.35. The van der Waals surface area contributed by atoms with E-state index in [2.05, 4.69) is 10.1 Å². The maximum Gasteiger partial charge on any atom is 0.295 e. The van der Waals surface area contributed by atoms with Gasteiger partial charge in [0.25, 0.3) is 11.7 Å². The number of hydrogen-bond donors (Lipinski definition) is 1. The minimum Gasteiger partial charge on any atom is -0.507 e. The first kappa shape index (κ1) is 21.5. The highest BCUT2D eigenvalue weighted by Crippen LogP contribution is 2.39. The van der Waals surface area contributed by atoms with Gasteiger partial charge in [0.2, 0.25) is 0 Å². The Kier molecular flexibility index (Phi) is 5.87. The van der Waals surface area contributed by atoms with Crippen molar-refractivity contribution in [3.05, 3.63) is 83.4 Å². The molecule has 4 rings (SSSR count). The number of ketones is 1. The number of aliphatic hydroxyl groups is 1. The first-order chi connectivity index (χ1) is 15.4. The second kappa shape index (κ2) is 8.76. The van der Waals surface area contributed by atoms with E-state index in [1.807, 2.05) is 56.3 Å². The van der Waals surface area contributed by atoms with Crippen molar-refractivity contribution in [2.45, 2.75) is 13.0 Å². The molecule has 8 nitrogen and oxygen atoms in total. The normalized spacial score (nSPS) is 18.0. The summed E-state index contributed by atoms with van der Waals surface area (Å²) in [4.78, 5) is 33.8. The van der Waals surface area contributed by atoms with Crippen molar-refractivity contribution in [2.75, 3.05) is 27.2 Å². The van der Waals surface area contributed by atoms with E-state index in [1.165, 1.54) is 11.1 Å². The van der Waals surface area contributed by atoms with Crippen LogP contribution in [0.3, 0.4) is 0 Å². The average Bonchev–Trinajstić information content (AvgIpc) is 3.30. The second-order valence-electron chi connectivity index (χ2n) is 7.94. The van der Waals surface area contributed by atoms with Gasteiger partial charge in [0.05, 0.1) is 34.4 Å². The summed E-state index contributed by atoms with van der Waals surface area (Å²) in [5.74, 6) is -1.60. The summed E-state index contributed by atoms with van der Waals surface area (Å²) in [5, 5.41) is 15.7. The molecule has 0 aliphatic carbocycles. The van der Waals surface area contributed by atoms with E-state index < -0.39 is 17.7 Å². The molecule has 0 spiro atoms. The Balaban J connectivity index is 1.83. The third-order valence-electron chi connectivity index (χ3n) is 5.56.